The molecule has 58 heavy (non-hydrogen) atoms. The summed E-state index contributed by atoms with van der Waals surface area (Å²) in [4.78, 5) is 15.5. The van der Waals surface area contributed by atoms with E-state index in [0.29, 0.717) is 22.9 Å². The number of aromatic nitrogens is 3. The number of benzene rings is 7. The zero-order valence-corrected chi connectivity index (χ0v) is 32.0. The minimum atomic E-state index is 0.400. The Morgan fingerprint density at radius 1 is 0.414 bits per heavy atom. The predicted molar refractivity (Wildman–Crippen MR) is 233 cm³/mol. The van der Waals surface area contributed by atoms with Gasteiger partial charge in [-0.1, -0.05) is 109 Å². The van der Waals surface area contributed by atoms with Gasteiger partial charge in [-0.15, -0.1) is 0 Å². The van der Waals surface area contributed by atoms with Crippen LogP contribution in [0.25, 0.3) is 99.9 Å². The summed E-state index contributed by atoms with van der Waals surface area (Å²) in [7, 11) is 0. The van der Waals surface area contributed by atoms with Crippen LogP contribution in [0.15, 0.2) is 154 Å². The van der Waals surface area contributed by atoms with Crippen molar-refractivity contribution in [1.29, 1.82) is 0 Å². The summed E-state index contributed by atoms with van der Waals surface area (Å²) in [5.74, 6) is 4.55. The summed E-state index contributed by atoms with van der Waals surface area (Å²) in [5, 5.41) is 6.49. The molecule has 0 unspecified atom stereocenters. The van der Waals surface area contributed by atoms with Crippen molar-refractivity contribution < 1.29 is 8.83 Å². The Hall–Kier alpha value is -6.59. The number of fused-ring (bicyclic) bond motifs is 7. The quantitative estimate of drug-likeness (QED) is 0.175. The summed E-state index contributed by atoms with van der Waals surface area (Å²) < 4.78 is 13.0. The lowest BCUT2D eigenvalue weighted by Gasteiger charge is -2.57. The number of nitrogens with zero attached hydrogens (tertiary/aromatic N) is 3. The largest absolute Gasteiger partial charge is 0.456 e. The van der Waals surface area contributed by atoms with Gasteiger partial charge in [-0.3, -0.25) is 0 Å². The first-order valence-corrected chi connectivity index (χ1v) is 20.8. The van der Waals surface area contributed by atoms with Gasteiger partial charge < -0.3 is 8.83 Å². The number of furan rings is 2. The van der Waals surface area contributed by atoms with Crippen molar-refractivity contribution in [3.05, 3.63) is 151 Å². The molecule has 4 aliphatic carbocycles. The van der Waals surface area contributed by atoms with E-state index in [0.717, 1.165) is 89.1 Å². The molecule has 4 aliphatic rings. The average molecular weight is 750 g/mol. The maximum atomic E-state index is 6.72. The summed E-state index contributed by atoms with van der Waals surface area (Å²) in [6, 6.07) is 51.5. The van der Waals surface area contributed by atoms with Crippen molar-refractivity contribution >= 4 is 54.6 Å². The fourth-order valence-corrected chi connectivity index (χ4v) is 11.7. The molecule has 4 bridgehead atoms. The first kappa shape index (κ1) is 32.5. The third kappa shape index (κ3) is 4.98. The molecule has 4 fully saturated rings. The average Bonchev–Trinajstić information content (AvgIpc) is 3.83. The van der Waals surface area contributed by atoms with Gasteiger partial charge in [0.15, 0.2) is 17.5 Å². The van der Waals surface area contributed by atoms with Crippen molar-refractivity contribution in [2.24, 2.45) is 17.8 Å². The van der Waals surface area contributed by atoms with Crippen molar-refractivity contribution in [2.45, 2.75) is 43.9 Å². The number of rotatable bonds is 5. The molecule has 4 saturated carbocycles. The van der Waals surface area contributed by atoms with E-state index in [1.54, 1.807) is 5.56 Å². The molecule has 14 rings (SSSR count). The Bertz CT molecular complexity index is 3240. The van der Waals surface area contributed by atoms with Crippen LogP contribution < -0.4 is 0 Å². The molecule has 0 N–H and O–H groups in total. The topological polar surface area (TPSA) is 65.0 Å². The SMILES string of the molecule is c1ccc2c(-c3nc(-c4ccc5c(c4)oc4ccccc45)nc(-c4cccc5c4oc4ccc(-c6ccc(C78CC9CC(CC(C9)C7)C8)cc6)cc45)n3)cccc2c1. The van der Waals surface area contributed by atoms with E-state index in [-0.39, 0.29) is 0 Å². The van der Waals surface area contributed by atoms with Gasteiger partial charge in [-0.2, -0.15) is 0 Å². The van der Waals surface area contributed by atoms with Gasteiger partial charge in [-0.05, 0) is 126 Å². The first-order chi connectivity index (χ1) is 28.6. The molecule has 0 saturated heterocycles. The van der Waals surface area contributed by atoms with Gasteiger partial charge in [0.05, 0.1) is 5.56 Å². The summed E-state index contributed by atoms with van der Waals surface area (Å²) in [6.45, 7) is 0. The van der Waals surface area contributed by atoms with E-state index < -0.39 is 0 Å². The third-order valence-corrected chi connectivity index (χ3v) is 13.9. The van der Waals surface area contributed by atoms with Gasteiger partial charge in [-0.25, -0.2) is 15.0 Å². The molecule has 0 spiro atoms. The molecule has 278 valence electrons. The molecular weight excluding hydrogens is 711 g/mol. The van der Waals surface area contributed by atoms with E-state index >= 15 is 0 Å². The summed E-state index contributed by atoms with van der Waals surface area (Å²) in [6.07, 6.45) is 8.56. The zero-order valence-electron chi connectivity index (χ0n) is 32.0. The Labute approximate surface area is 335 Å². The first-order valence-electron chi connectivity index (χ1n) is 20.8. The predicted octanol–water partition coefficient (Wildman–Crippen LogP) is 14.0. The van der Waals surface area contributed by atoms with Crippen LogP contribution in [0.3, 0.4) is 0 Å². The van der Waals surface area contributed by atoms with Crippen molar-refractivity contribution in [3.8, 4) is 45.3 Å². The van der Waals surface area contributed by atoms with Crippen LogP contribution in [-0.4, -0.2) is 15.0 Å². The van der Waals surface area contributed by atoms with E-state index in [1.807, 2.05) is 24.3 Å². The van der Waals surface area contributed by atoms with Gasteiger partial charge in [0.2, 0.25) is 0 Å². The Morgan fingerprint density at radius 3 is 1.84 bits per heavy atom. The molecule has 7 aromatic carbocycles. The fourth-order valence-electron chi connectivity index (χ4n) is 11.7. The van der Waals surface area contributed by atoms with Crippen LogP contribution in [0, 0.1) is 17.8 Å². The van der Waals surface area contributed by atoms with E-state index in [1.165, 1.54) is 49.7 Å². The highest BCUT2D eigenvalue weighted by molar-refractivity contribution is 6.10. The van der Waals surface area contributed by atoms with Crippen molar-refractivity contribution in [2.75, 3.05) is 0 Å². The molecule has 5 heteroatoms. The molecular formula is C53H39N3O2. The van der Waals surface area contributed by atoms with Crippen LogP contribution in [0.2, 0.25) is 0 Å². The second-order valence-corrected chi connectivity index (χ2v) is 17.4. The van der Waals surface area contributed by atoms with Gasteiger partial charge in [0, 0.05) is 32.7 Å². The zero-order chi connectivity index (χ0) is 38.0. The van der Waals surface area contributed by atoms with Crippen LogP contribution >= 0.6 is 0 Å². The number of hydrogen-bond donors (Lipinski definition) is 0. The van der Waals surface area contributed by atoms with Crippen LogP contribution in [0.4, 0.5) is 0 Å². The summed E-state index contributed by atoms with van der Waals surface area (Å²) >= 11 is 0. The smallest absolute Gasteiger partial charge is 0.167 e. The molecule has 10 aromatic rings. The third-order valence-electron chi connectivity index (χ3n) is 13.9. The molecule has 3 aromatic heterocycles. The Morgan fingerprint density at radius 2 is 1.02 bits per heavy atom. The van der Waals surface area contributed by atoms with E-state index in [2.05, 4.69) is 121 Å². The van der Waals surface area contributed by atoms with Gasteiger partial charge >= 0.3 is 0 Å². The molecule has 0 amide bonds. The standard InChI is InChI=1S/C53H39N3O2/c1-2-9-39-35(7-1)8-5-12-43(39)51-54-50(37-17-21-41-40-10-3-4-14-46(40)57-48(41)27-37)55-52(56-51)44-13-6-11-42-45-26-36(18-22-47(45)58-49(42)44)34-15-19-38(20-16-34)53-28-31-23-32(29-53)25-33(24-31)30-53/h1-22,26-27,31-33H,23-25,28-30H2. The highest BCUT2D eigenvalue weighted by Gasteiger charge is 2.51. The van der Waals surface area contributed by atoms with Crippen LogP contribution in [0.5, 0.6) is 0 Å². The van der Waals surface area contributed by atoms with E-state index in [9.17, 15) is 0 Å². The van der Waals surface area contributed by atoms with Gasteiger partial charge in [0.25, 0.3) is 0 Å². The van der Waals surface area contributed by atoms with Crippen LogP contribution in [0.1, 0.15) is 44.1 Å². The lowest BCUT2D eigenvalue weighted by molar-refractivity contribution is -0.00518. The minimum absolute atomic E-state index is 0.400. The second-order valence-electron chi connectivity index (χ2n) is 17.4. The maximum Gasteiger partial charge on any atom is 0.167 e. The van der Waals surface area contributed by atoms with Crippen molar-refractivity contribution in [1.82, 2.24) is 15.0 Å². The molecule has 0 aliphatic heterocycles. The van der Waals surface area contributed by atoms with E-state index in [4.69, 9.17) is 23.8 Å². The van der Waals surface area contributed by atoms with Gasteiger partial charge in [0.1, 0.15) is 22.3 Å². The Kier molecular flexibility index (Phi) is 6.84. The lowest BCUT2D eigenvalue weighted by atomic mass is 9.48. The minimum Gasteiger partial charge on any atom is -0.456 e. The highest BCUT2D eigenvalue weighted by atomic mass is 16.3. The lowest BCUT2D eigenvalue weighted by Crippen LogP contribution is -2.48. The fraction of sp³-hybridized carbons (Fsp3) is 0.189. The number of hydrogen-bond acceptors (Lipinski definition) is 5. The maximum absolute atomic E-state index is 6.72. The number of para-hydroxylation sites is 2. The molecule has 5 nitrogen and oxygen atoms in total. The molecule has 3 heterocycles. The van der Waals surface area contributed by atoms with Crippen molar-refractivity contribution in [3.63, 3.8) is 0 Å². The molecule has 0 atom stereocenters. The monoisotopic (exact) mass is 749 g/mol. The highest BCUT2D eigenvalue weighted by Crippen LogP contribution is 2.60. The Balaban J connectivity index is 0.930. The normalized spacial score (nSPS) is 21.3. The molecule has 0 radical (unpaired) electrons. The van der Waals surface area contributed by atoms with Crippen LogP contribution in [-0.2, 0) is 5.41 Å². The second kappa shape index (κ2) is 12.2. The summed E-state index contributed by atoms with van der Waals surface area (Å²) in [5.41, 5.74) is 10.3.